The van der Waals surface area contributed by atoms with E-state index in [4.69, 9.17) is 20.4 Å². The van der Waals surface area contributed by atoms with Crippen LogP contribution in [0.4, 0.5) is 0 Å². The van der Waals surface area contributed by atoms with Crippen molar-refractivity contribution >= 4 is 43.7 Å². The minimum atomic E-state index is -1.29. The van der Waals surface area contributed by atoms with Gasteiger partial charge in [-0.3, -0.25) is 0 Å². The zero-order chi connectivity index (χ0) is 9.30. The van der Waals surface area contributed by atoms with Crippen molar-refractivity contribution in [3.05, 3.63) is 17.7 Å². The largest absolute Gasteiger partial charge is 2.00 e. The summed E-state index contributed by atoms with van der Waals surface area (Å²) in [4.78, 5) is 10.3. The third-order valence-electron chi connectivity index (χ3n) is 1.32. The normalized spacial score (nSPS) is 8.29. The topological polar surface area (TPSA) is 98.0 Å². The summed E-state index contributed by atoms with van der Waals surface area (Å²) in [6.07, 6.45) is 0. The Balaban J connectivity index is -0.000000180. The summed E-state index contributed by atoms with van der Waals surface area (Å²) in [6, 6.07) is 1.69. The van der Waals surface area contributed by atoms with Gasteiger partial charge in [-0.25, -0.2) is 4.79 Å². The van der Waals surface area contributed by atoms with Crippen molar-refractivity contribution in [1.29, 1.82) is 0 Å². The second kappa shape index (κ2) is 6.92. The summed E-state index contributed by atoms with van der Waals surface area (Å²) in [5.41, 5.74) is -0.289. The Morgan fingerprint density at radius 1 is 1.14 bits per heavy atom. The van der Waals surface area contributed by atoms with Crippen LogP contribution in [0.5, 0.6) is 17.2 Å². The van der Waals surface area contributed by atoms with Gasteiger partial charge in [0.05, 0.1) is 5.56 Å². The summed E-state index contributed by atoms with van der Waals surface area (Å²) < 4.78 is 0. The van der Waals surface area contributed by atoms with Crippen molar-refractivity contribution < 1.29 is 63.7 Å². The van der Waals surface area contributed by atoms with E-state index in [-0.39, 0.29) is 81.8 Å². The van der Waals surface area contributed by atoms with Crippen LogP contribution in [0.3, 0.4) is 0 Å². The maximum absolute atomic E-state index is 10.3. The van der Waals surface area contributed by atoms with Crippen LogP contribution in [0.1, 0.15) is 13.2 Å². The quantitative estimate of drug-likeness (QED) is 0.432. The number of hydrogen-bond donors (Lipinski definition) is 4. The van der Waals surface area contributed by atoms with Gasteiger partial charge in [0.2, 0.25) is 0 Å². The molecule has 5 nitrogen and oxygen atoms in total. The SMILES string of the molecule is O=C(O)c1cc(O)c(O)c(O)c1.[Ca+2].[H-].[H-].[La]. The molecule has 1 aromatic rings. The summed E-state index contributed by atoms with van der Waals surface area (Å²) in [6.45, 7) is 0. The first-order valence-electron chi connectivity index (χ1n) is 3.00. The van der Waals surface area contributed by atoms with Crippen LogP contribution in [0.25, 0.3) is 0 Å². The number of carboxylic acid groups (broad SMARTS) is 1. The molecule has 0 aliphatic carbocycles. The molecule has 0 bridgehead atoms. The number of phenols is 3. The van der Waals surface area contributed by atoms with Gasteiger partial charge in [-0.2, -0.15) is 0 Å². The summed E-state index contributed by atoms with van der Waals surface area (Å²) >= 11 is 0. The van der Waals surface area contributed by atoms with Gasteiger partial charge in [-0.1, -0.05) is 0 Å². The molecular formula is C7H8CaLaO5. The molecule has 0 aliphatic heterocycles. The minimum absolute atomic E-state index is 0. The van der Waals surface area contributed by atoms with E-state index in [1.54, 1.807) is 0 Å². The number of benzene rings is 1. The molecule has 71 valence electrons. The number of carboxylic acids is 1. The van der Waals surface area contributed by atoms with Crippen LogP contribution in [0.15, 0.2) is 12.1 Å². The molecule has 4 N–H and O–H groups in total. The molecule has 1 aromatic carbocycles. The average molecular weight is 351 g/mol. The summed E-state index contributed by atoms with van der Waals surface area (Å²) in [5, 5.41) is 35.0. The fraction of sp³-hybridized carbons (Fsp3) is 0. The van der Waals surface area contributed by atoms with E-state index < -0.39 is 23.2 Å². The van der Waals surface area contributed by atoms with Gasteiger partial charge < -0.3 is 23.3 Å². The molecule has 0 aromatic heterocycles. The van der Waals surface area contributed by atoms with E-state index >= 15 is 0 Å². The maximum atomic E-state index is 10.3. The molecule has 0 saturated heterocycles. The first kappa shape index (κ1) is 17.0. The molecule has 0 aliphatic rings. The van der Waals surface area contributed by atoms with Crippen LogP contribution in [-0.4, -0.2) is 64.1 Å². The van der Waals surface area contributed by atoms with E-state index in [0.29, 0.717) is 0 Å². The molecule has 14 heavy (non-hydrogen) atoms. The first-order chi connectivity index (χ1) is 5.52. The fourth-order valence-corrected chi connectivity index (χ4v) is 0.728. The molecule has 0 saturated carbocycles. The van der Waals surface area contributed by atoms with Crippen molar-refractivity contribution in [1.82, 2.24) is 0 Å². The van der Waals surface area contributed by atoms with Crippen molar-refractivity contribution in [2.24, 2.45) is 0 Å². The first-order valence-corrected chi connectivity index (χ1v) is 3.00. The predicted octanol–water partition coefficient (Wildman–Crippen LogP) is 0.346. The zero-order valence-corrected chi connectivity index (χ0v) is 13.0. The van der Waals surface area contributed by atoms with Crippen LogP contribution in [0, 0.1) is 35.6 Å². The van der Waals surface area contributed by atoms with Gasteiger partial charge in [0, 0.05) is 35.6 Å². The number of phenolic OH excluding ortho intramolecular Hbond substituents is 3. The minimum Gasteiger partial charge on any atom is -1.00 e. The molecular weight excluding hydrogens is 343 g/mol. The molecule has 0 unspecified atom stereocenters. The number of aromatic carboxylic acids is 1. The average Bonchev–Trinajstić information content (AvgIpc) is 1.99. The number of rotatable bonds is 1. The van der Waals surface area contributed by atoms with Gasteiger partial charge >= 0.3 is 43.7 Å². The van der Waals surface area contributed by atoms with Gasteiger partial charge in [-0.05, 0) is 12.1 Å². The van der Waals surface area contributed by atoms with Crippen molar-refractivity contribution in [3.8, 4) is 17.2 Å². The van der Waals surface area contributed by atoms with Crippen molar-refractivity contribution in [2.75, 3.05) is 0 Å². The monoisotopic (exact) mass is 351 g/mol. The van der Waals surface area contributed by atoms with E-state index in [1.165, 1.54) is 0 Å². The van der Waals surface area contributed by atoms with Gasteiger partial charge in [0.15, 0.2) is 17.2 Å². The Labute approximate surface area is 140 Å². The zero-order valence-electron chi connectivity index (χ0n) is 9.14. The van der Waals surface area contributed by atoms with E-state index in [1.807, 2.05) is 0 Å². The number of hydrogen-bond acceptors (Lipinski definition) is 4. The van der Waals surface area contributed by atoms with Gasteiger partial charge in [0.25, 0.3) is 0 Å². The van der Waals surface area contributed by atoms with E-state index in [0.717, 1.165) is 12.1 Å². The smallest absolute Gasteiger partial charge is 1.00 e. The Kier molecular flexibility index (Phi) is 8.39. The standard InChI is InChI=1S/C7H6O5.Ca.La.2H/c8-4-1-3(7(11)12)2-5(9)6(4)10;;;;/h1-2,8-10H,(H,11,12);;;;/q;+2;;2*-1. The molecule has 0 spiro atoms. The molecule has 0 fully saturated rings. The predicted molar refractivity (Wildman–Crippen MR) is 46.4 cm³/mol. The maximum Gasteiger partial charge on any atom is 2.00 e. The summed E-state index contributed by atoms with van der Waals surface area (Å²) in [7, 11) is 0. The van der Waals surface area contributed by atoms with Gasteiger partial charge in [-0.15, -0.1) is 0 Å². The molecule has 0 atom stereocenters. The Morgan fingerprint density at radius 3 is 1.79 bits per heavy atom. The van der Waals surface area contributed by atoms with Crippen LogP contribution >= 0.6 is 0 Å². The van der Waals surface area contributed by atoms with E-state index in [2.05, 4.69) is 0 Å². The molecule has 0 heterocycles. The van der Waals surface area contributed by atoms with Crippen molar-refractivity contribution in [3.63, 3.8) is 0 Å². The molecule has 0 amide bonds. The third-order valence-corrected chi connectivity index (χ3v) is 1.32. The molecule has 7 heteroatoms. The van der Waals surface area contributed by atoms with Crippen LogP contribution < -0.4 is 0 Å². The second-order valence-electron chi connectivity index (χ2n) is 2.17. The second-order valence-corrected chi connectivity index (χ2v) is 2.17. The van der Waals surface area contributed by atoms with E-state index in [9.17, 15) is 4.79 Å². The van der Waals surface area contributed by atoms with Crippen molar-refractivity contribution in [2.45, 2.75) is 0 Å². The Bertz CT molecular complexity index is 327. The third kappa shape index (κ3) is 3.96. The Hall–Kier alpha value is 0.545. The van der Waals surface area contributed by atoms with Gasteiger partial charge in [0.1, 0.15) is 0 Å². The summed E-state index contributed by atoms with van der Waals surface area (Å²) in [5.74, 6) is -3.33. The number of carbonyl (C=O) groups is 1. The van der Waals surface area contributed by atoms with Crippen LogP contribution in [0.2, 0.25) is 0 Å². The fourth-order valence-electron chi connectivity index (χ4n) is 0.728. The molecule has 1 rings (SSSR count). The Morgan fingerprint density at radius 2 is 1.50 bits per heavy atom. The van der Waals surface area contributed by atoms with Crippen LogP contribution in [-0.2, 0) is 0 Å². The molecule has 1 radical (unpaired) electrons. The number of aromatic hydroxyl groups is 3.